The standard InChI is InChI=1S/C19H32O5/c1-14-10-8-6-4-5-7-9-11-16-18(24-19(2,3)23-16)15(20)12-13-17(21)22-14/h12-16,18,20H,4-11H2,1-3H3/b13-12+/t14-,15+,16+,18-/m1/s1. The molecule has 0 aromatic heterocycles. The van der Waals surface area contributed by atoms with Crippen molar-refractivity contribution in [2.45, 2.75) is 102 Å². The molecule has 5 nitrogen and oxygen atoms in total. The number of rotatable bonds is 0. The third-order valence-corrected chi connectivity index (χ3v) is 4.65. The number of ether oxygens (including phenoxy) is 3. The summed E-state index contributed by atoms with van der Waals surface area (Å²) in [5.41, 5.74) is 0. The van der Waals surface area contributed by atoms with Gasteiger partial charge in [0, 0.05) is 6.08 Å². The second-order valence-corrected chi connectivity index (χ2v) is 7.43. The van der Waals surface area contributed by atoms with Crippen molar-refractivity contribution in [2.24, 2.45) is 0 Å². The van der Waals surface area contributed by atoms with E-state index in [0.29, 0.717) is 0 Å². The van der Waals surface area contributed by atoms with Gasteiger partial charge in [0.25, 0.3) is 0 Å². The average Bonchev–Trinajstić information content (AvgIpc) is 2.81. The predicted octanol–water partition coefficient (Wildman–Crippen LogP) is 3.49. The van der Waals surface area contributed by atoms with Gasteiger partial charge in [0.2, 0.25) is 0 Å². The van der Waals surface area contributed by atoms with Crippen molar-refractivity contribution in [3.8, 4) is 0 Å². The van der Waals surface area contributed by atoms with Crippen LogP contribution in [0, 0.1) is 0 Å². The quantitative estimate of drug-likeness (QED) is 0.684. The Balaban J connectivity index is 2.03. The molecule has 0 amide bonds. The van der Waals surface area contributed by atoms with E-state index in [1.807, 2.05) is 20.8 Å². The SMILES string of the molecule is C[C@@H]1CCCCCCCC[C@@H]2OC(C)(C)O[C@@H]2[C@@H](O)/C=C/C(=O)O1. The Labute approximate surface area is 145 Å². The zero-order valence-corrected chi connectivity index (χ0v) is 15.2. The monoisotopic (exact) mass is 340 g/mol. The lowest BCUT2D eigenvalue weighted by Crippen LogP contribution is -2.34. The van der Waals surface area contributed by atoms with Gasteiger partial charge in [0.15, 0.2) is 5.79 Å². The Morgan fingerprint density at radius 3 is 2.38 bits per heavy atom. The molecule has 0 saturated carbocycles. The number of aliphatic hydroxyl groups excluding tert-OH is 1. The van der Waals surface area contributed by atoms with Crippen molar-refractivity contribution in [3.63, 3.8) is 0 Å². The van der Waals surface area contributed by atoms with E-state index in [1.165, 1.54) is 37.8 Å². The fourth-order valence-electron chi connectivity index (χ4n) is 3.44. The molecule has 0 aliphatic carbocycles. The molecule has 2 heterocycles. The van der Waals surface area contributed by atoms with Crippen LogP contribution in [-0.2, 0) is 19.0 Å². The number of carbonyl (C=O) groups excluding carboxylic acids is 1. The highest BCUT2D eigenvalue weighted by atomic mass is 16.8. The number of esters is 1. The maximum absolute atomic E-state index is 11.9. The maximum Gasteiger partial charge on any atom is 0.330 e. The van der Waals surface area contributed by atoms with E-state index in [4.69, 9.17) is 14.2 Å². The zero-order chi connectivity index (χ0) is 17.6. The summed E-state index contributed by atoms with van der Waals surface area (Å²) >= 11 is 0. The van der Waals surface area contributed by atoms with Gasteiger partial charge in [-0.15, -0.1) is 0 Å². The minimum Gasteiger partial charge on any atom is -0.460 e. The largest absolute Gasteiger partial charge is 0.460 e. The molecular formula is C19H32O5. The van der Waals surface area contributed by atoms with Gasteiger partial charge in [-0.25, -0.2) is 4.79 Å². The molecular weight excluding hydrogens is 308 g/mol. The van der Waals surface area contributed by atoms with Gasteiger partial charge in [-0.3, -0.25) is 0 Å². The maximum atomic E-state index is 11.9. The predicted molar refractivity (Wildman–Crippen MR) is 91.5 cm³/mol. The Hall–Kier alpha value is -0.910. The summed E-state index contributed by atoms with van der Waals surface area (Å²) in [6, 6.07) is 0. The van der Waals surface area contributed by atoms with Gasteiger partial charge in [0.05, 0.1) is 12.2 Å². The summed E-state index contributed by atoms with van der Waals surface area (Å²) in [7, 11) is 0. The van der Waals surface area contributed by atoms with Crippen LogP contribution >= 0.6 is 0 Å². The molecule has 0 unspecified atom stereocenters. The van der Waals surface area contributed by atoms with Gasteiger partial charge in [-0.05, 0) is 46.1 Å². The van der Waals surface area contributed by atoms with Crippen LogP contribution in [0.5, 0.6) is 0 Å². The summed E-state index contributed by atoms with van der Waals surface area (Å²) in [4.78, 5) is 11.9. The lowest BCUT2D eigenvalue weighted by Gasteiger charge is -2.20. The lowest BCUT2D eigenvalue weighted by atomic mass is 10.00. The van der Waals surface area contributed by atoms with Crippen molar-refractivity contribution in [3.05, 3.63) is 12.2 Å². The Morgan fingerprint density at radius 1 is 1.04 bits per heavy atom. The van der Waals surface area contributed by atoms with Crippen LogP contribution in [0.15, 0.2) is 12.2 Å². The summed E-state index contributed by atoms with van der Waals surface area (Å²) in [6.07, 6.45) is 9.85. The summed E-state index contributed by atoms with van der Waals surface area (Å²) < 4.78 is 17.1. The average molecular weight is 340 g/mol. The van der Waals surface area contributed by atoms with Crippen LogP contribution in [-0.4, -0.2) is 41.3 Å². The van der Waals surface area contributed by atoms with Gasteiger partial charge in [-0.1, -0.05) is 32.1 Å². The molecule has 1 fully saturated rings. The fourth-order valence-corrected chi connectivity index (χ4v) is 3.44. The van der Waals surface area contributed by atoms with Crippen LogP contribution in [0.1, 0.15) is 72.1 Å². The molecule has 24 heavy (non-hydrogen) atoms. The number of fused-ring (bicyclic) bond motifs is 1. The number of hydrogen-bond acceptors (Lipinski definition) is 5. The van der Waals surface area contributed by atoms with Crippen molar-refractivity contribution < 1.29 is 24.1 Å². The second-order valence-electron chi connectivity index (χ2n) is 7.43. The highest BCUT2D eigenvalue weighted by Crippen LogP contribution is 2.33. The zero-order valence-electron chi connectivity index (χ0n) is 15.2. The first-order valence-electron chi connectivity index (χ1n) is 9.30. The molecule has 0 aromatic rings. The Morgan fingerprint density at radius 2 is 1.67 bits per heavy atom. The third-order valence-electron chi connectivity index (χ3n) is 4.65. The van der Waals surface area contributed by atoms with E-state index in [9.17, 15) is 9.90 Å². The molecule has 0 aromatic carbocycles. The topological polar surface area (TPSA) is 65.0 Å². The van der Waals surface area contributed by atoms with Crippen molar-refractivity contribution in [2.75, 3.05) is 0 Å². The van der Waals surface area contributed by atoms with Crippen molar-refractivity contribution >= 4 is 5.97 Å². The smallest absolute Gasteiger partial charge is 0.330 e. The molecule has 1 N–H and O–H groups in total. The van der Waals surface area contributed by atoms with Crippen LogP contribution in [0.4, 0.5) is 0 Å². The van der Waals surface area contributed by atoms with Gasteiger partial charge < -0.3 is 19.3 Å². The summed E-state index contributed by atoms with van der Waals surface area (Å²) in [5.74, 6) is -1.12. The molecule has 2 rings (SSSR count). The van der Waals surface area contributed by atoms with Gasteiger partial charge in [-0.2, -0.15) is 0 Å². The normalized spacial score (nSPS) is 37.4. The van der Waals surface area contributed by atoms with E-state index >= 15 is 0 Å². The van der Waals surface area contributed by atoms with Gasteiger partial charge in [0.1, 0.15) is 12.2 Å². The second kappa shape index (κ2) is 8.97. The lowest BCUT2D eigenvalue weighted by molar-refractivity contribution is -0.153. The van der Waals surface area contributed by atoms with E-state index in [1.54, 1.807) is 0 Å². The first-order chi connectivity index (χ1) is 11.4. The first kappa shape index (κ1) is 19.4. The minimum absolute atomic E-state index is 0.0926. The number of cyclic esters (lactones) is 1. The molecule has 0 bridgehead atoms. The molecule has 0 spiro atoms. The molecule has 4 atom stereocenters. The molecule has 2 aliphatic rings. The molecule has 0 radical (unpaired) electrons. The molecule has 2 aliphatic heterocycles. The molecule has 1 saturated heterocycles. The number of carbonyl (C=O) groups is 1. The van der Waals surface area contributed by atoms with E-state index in [2.05, 4.69) is 0 Å². The van der Waals surface area contributed by atoms with E-state index in [0.717, 1.165) is 25.7 Å². The Kier molecular flexibility index (Phi) is 7.26. The highest BCUT2D eigenvalue weighted by molar-refractivity contribution is 5.82. The minimum atomic E-state index is -0.882. The number of hydrogen-bond donors (Lipinski definition) is 1. The molecule has 5 heteroatoms. The fraction of sp³-hybridized carbons (Fsp3) is 0.842. The van der Waals surface area contributed by atoms with Crippen LogP contribution < -0.4 is 0 Å². The Bertz CT molecular complexity index is 431. The van der Waals surface area contributed by atoms with E-state index in [-0.39, 0.29) is 12.2 Å². The van der Waals surface area contributed by atoms with Crippen molar-refractivity contribution in [1.82, 2.24) is 0 Å². The highest BCUT2D eigenvalue weighted by Gasteiger charge is 2.43. The molecule has 138 valence electrons. The van der Waals surface area contributed by atoms with Crippen LogP contribution in [0.2, 0.25) is 0 Å². The summed E-state index contributed by atoms with van der Waals surface area (Å²) in [6.45, 7) is 5.63. The third kappa shape index (κ3) is 6.19. The van der Waals surface area contributed by atoms with Crippen LogP contribution in [0.25, 0.3) is 0 Å². The summed E-state index contributed by atoms with van der Waals surface area (Å²) in [5, 5.41) is 10.4. The van der Waals surface area contributed by atoms with Crippen molar-refractivity contribution in [1.29, 1.82) is 0 Å². The van der Waals surface area contributed by atoms with Crippen LogP contribution in [0.3, 0.4) is 0 Å². The number of aliphatic hydroxyl groups is 1. The van der Waals surface area contributed by atoms with E-state index < -0.39 is 24.0 Å². The van der Waals surface area contributed by atoms with Gasteiger partial charge >= 0.3 is 5.97 Å². The first-order valence-corrected chi connectivity index (χ1v) is 9.30.